The Hall–Kier alpha value is -3.11. The standard InChI is InChI=1S/C22H26N4O5S/c1-15-21(27)23-19-14-18(8-9-20(19)31-15)32(29,30)26-12-10-25(11-13-26)22(28)16-4-6-17(7-5-16)24(2)3/h4-9,14-15H,10-13H2,1-3H3,(H,23,27)/t15-/m0/s1. The van der Waals surface area contributed by atoms with Gasteiger partial charge in [0.15, 0.2) is 6.10 Å². The number of fused-ring (bicyclic) bond motifs is 1. The molecule has 0 unspecified atom stereocenters. The SMILES string of the molecule is C[C@@H]1Oc2ccc(S(=O)(=O)N3CCN(C(=O)c4ccc(N(C)C)cc4)CC3)cc2NC1=O. The molecule has 1 atom stereocenters. The van der Waals surface area contributed by atoms with Crippen molar-refractivity contribution in [1.82, 2.24) is 9.21 Å². The lowest BCUT2D eigenvalue weighted by Crippen LogP contribution is -2.50. The van der Waals surface area contributed by atoms with Gasteiger partial charge >= 0.3 is 0 Å². The summed E-state index contributed by atoms with van der Waals surface area (Å²) in [7, 11) is 0.0897. The number of carbonyl (C=O) groups excluding carboxylic acids is 2. The first-order valence-corrected chi connectivity index (χ1v) is 11.8. The van der Waals surface area contributed by atoms with Crippen molar-refractivity contribution < 1.29 is 22.7 Å². The lowest BCUT2D eigenvalue weighted by molar-refractivity contribution is -0.122. The summed E-state index contributed by atoms with van der Waals surface area (Å²) < 4.78 is 33.1. The summed E-state index contributed by atoms with van der Waals surface area (Å²) >= 11 is 0. The molecule has 32 heavy (non-hydrogen) atoms. The van der Waals surface area contributed by atoms with Gasteiger partial charge in [-0.3, -0.25) is 9.59 Å². The van der Waals surface area contributed by atoms with Gasteiger partial charge in [0.25, 0.3) is 11.8 Å². The van der Waals surface area contributed by atoms with Crippen LogP contribution in [0.25, 0.3) is 0 Å². The molecule has 2 aliphatic heterocycles. The van der Waals surface area contributed by atoms with Crippen molar-refractivity contribution in [2.24, 2.45) is 0 Å². The molecule has 10 heteroatoms. The van der Waals surface area contributed by atoms with E-state index in [-0.39, 0.29) is 29.8 Å². The number of hydrogen-bond acceptors (Lipinski definition) is 6. The van der Waals surface area contributed by atoms with E-state index in [0.717, 1.165) is 5.69 Å². The number of anilines is 2. The van der Waals surface area contributed by atoms with Crippen LogP contribution in [0.1, 0.15) is 17.3 Å². The molecule has 0 aromatic heterocycles. The van der Waals surface area contributed by atoms with E-state index < -0.39 is 16.1 Å². The van der Waals surface area contributed by atoms with Crippen molar-refractivity contribution in [3.05, 3.63) is 48.0 Å². The summed E-state index contributed by atoms with van der Waals surface area (Å²) in [6, 6.07) is 11.8. The van der Waals surface area contributed by atoms with Gasteiger partial charge < -0.3 is 19.9 Å². The lowest BCUT2D eigenvalue weighted by atomic mass is 10.1. The Morgan fingerprint density at radius 1 is 1.06 bits per heavy atom. The van der Waals surface area contributed by atoms with Crippen molar-refractivity contribution in [3.63, 3.8) is 0 Å². The second-order valence-electron chi connectivity index (χ2n) is 8.04. The smallest absolute Gasteiger partial charge is 0.265 e. The molecule has 1 fully saturated rings. The molecule has 4 rings (SSSR count). The van der Waals surface area contributed by atoms with Gasteiger partial charge in [-0.25, -0.2) is 8.42 Å². The molecule has 2 aromatic rings. The van der Waals surface area contributed by atoms with Gasteiger partial charge in [-0.2, -0.15) is 4.31 Å². The zero-order chi connectivity index (χ0) is 23.0. The Kier molecular flexibility index (Phi) is 5.83. The van der Waals surface area contributed by atoms with E-state index in [4.69, 9.17) is 4.74 Å². The predicted molar refractivity (Wildman–Crippen MR) is 121 cm³/mol. The fraction of sp³-hybridized carbons (Fsp3) is 0.364. The molecular formula is C22H26N4O5S. The first-order valence-electron chi connectivity index (χ1n) is 10.4. The highest BCUT2D eigenvalue weighted by Gasteiger charge is 2.32. The highest BCUT2D eigenvalue weighted by Crippen LogP contribution is 2.33. The van der Waals surface area contributed by atoms with E-state index in [9.17, 15) is 18.0 Å². The number of nitrogens with one attached hydrogen (secondary N) is 1. The van der Waals surface area contributed by atoms with E-state index >= 15 is 0 Å². The van der Waals surface area contributed by atoms with Crippen molar-refractivity contribution in [1.29, 1.82) is 0 Å². The molecule has 0 radical (unpaired) electrons. The van der Waals surface area contributed by atoms with Crippen molar-refractivity contribution in [2.75, 3.05) is 50.5 Å². The molecule has 170 valence electrons. The van der Waals surface area contributed by atoms with Crippen molar-refractivity contribution >= 4 is 33.2 Å². The van der Waals surface area contributed by atoms with E-state index in [0.29, 0.717) is 30.1 Å². The number of amides is 2. The van der Waals surface area contributed by atoms with Crippen LogP contribution < -0.4 is 15.0 Å². The third-order valence-electron chi connectivity index (χ3n) is 5.68. The van der Waals surface area contributed by atoms with Crippen LogP contribution in [0.2, 0.25) is 0 Å². The Labute approximate surface area is 187 Å². The molecule has 0 bridgehead atoms. The molecule has 2 aliphatic rings. The summed E-state index contributed by atoms with van der Waals surface area (Å²) in [5.41, 5.74) is 1.91. The van der Waals surface area contributed by atoms with Crippen LogP contribution in [0.3, 0.4) is 0 Å². The van der Waals surface area contributed by atoms with E-state index in [1.165, 1.54) is 16.4 Å². The number of benzene rings is 2. The van der Waals surface area contributed by atoms with Crippen LogP contribution >= 0.6 is 0 Å². The third-order valence-corrected chi connectivity index (χ3v) is 7.57. The molecule has 2 aromatic carbocycles. The van der Waals surface area contributed by atoms with Gasteiger partial charge in [0.05, 0.1) is 10.6 Å². The summed E-state index contributed by atoms with van der Waals surface area (Å²) in [6.07, 6.45) is -0.630. The number of nitrogens with zero attached hydrogens (tertiary/aromatic N) is 3. The quantitative estimate of drug-likeness (QED) is 0.748. The van der Waals surface area contributed by atoms with Crippen LogP contribution in [-0.4, -0.2) is 75.8 Å². The molecule has 1 saturated heterocycles. The summed E-state index contributed by atoms with van der Waals surface area (Å²) in [5.74, 6) is -0.000318. The topological polar surface area (TPSA) is 99.3 Å². The number of ether oxygens (including phenoxy) is 1. The molecular weight excluding hydrogens is 432 g/mol. The maximum absolute atomic E-state index is 13.1. The zero-order valence-corrected chi connectivity index (χ0v) is 19.1. The Balaban J connectivity index is 1.44. The highest BCUT2D eigenvalue weighted by molar-refractivity contribution is 7.89. The molecule has 2 amide bonds. The van der Waals surface area contributed by atoms with Crippen LogP contribution in [0.15, 0.2) is 47.4 Å². The van der Waals surface area contributed by atoms with Gasteiger partial charge in [-0.05, 0) is 49.4 Å². The zero-order valence-electron chi connectivity index (χ0n) is 18.2. The second kappa shape index (κ2) is 8.44. The number of sulfonamides is 1. The second-order valence-corrected chi connectivity index (χ2v) is 9.98. The minimum atomic E-state index is -3.77. The highest BCUT2D eigenvalue weighted by atomic mass is 32.2. The molecule has 2 heterocycles. The number of carbonyl (C=O) groups is 2. The lowest BCUT2D eigenvalue weighted by Gasteiger charge is -2.34. The minimum Gasteiger partial charge on any atom is -0.479 e. The molecule has 1 N–H and O–H groups in total. The van der Waals surface area contributed by atoms with E-state index in [1.807, 2.05) is 31.1 Å². The first-order chi connectivity index (χ1) is 15.2. The van der Waals surface area contributed by atoms with Gasteiger partial charge in [0.1, 0.15) is 5.75 Å². The number of rotatable bonds is 4. The van der Waals surface area contributed by atoms with Crippen LogP contribution in [0, 0.1) is 0 Å². The Morgan fingerprint density at radius 2 is 1.72 bits per heavy atom. The Bertz CT molecular complexity index is 1140. The van der Waals surface area contributed by atoms with Crippen molar-refractivity contribution in [2.45, 2.75) is 17.9 Å². The summed E-state index contributed by atoms with van der Waals surface area (Å²) in [6.45, 7) is 2.62. The van der Waals surface area contributed by atoms with E-state index in [1.54, 1.807) is 30.0 Å². The van der Waals surface area contributed by atoms with Gasteiger partial charge in [-0.15, -0.1) is 0 Å². The normalized spacial score (nSPS) is 19.0. The van der Waals surface area contributed by atoms with Crippen LogP contribution in [0.5, 0.6) is 5.75 Å². The maximum Gasteiger partial charge on any atom is 0.265 e. The Morgan fingerprint density at radius 3 is 2.34 bits per heavy atom. The predicted octanol–water partition coefficient (Wildman–Crippen LogP) is 1.62. The van der Waals surface area contributed by atoms with Gasteiger partial charge in [0.2, 0.25) is 10.0 Å². The summed E-state index contributed by atoms with van der Waals surface area (Å²) in [5, 5.41) is 2.67. The molecule has 0 spiro atoms. The van der Waals surface area contributed by atoms with E-state index in [2.05, 4.69) is 5.32 Å². The minimum absolute atomic E-state index is 0.0775. The number of hydrogen-bond donors (Lipinski definition) is 1. The molecule has 0 aliphatic carbocycles. The summed E-state index contributed by atoms with van der Waals surface area (Å²) in [4.78, 5) is 28.4. The van der Waals surface area contributed by atoms with Crippen molar-refractivity contribution in [3.8, 4) is 5.75 Å². The largest absolute Gasteiger partial charge is 0.479 e. The average molecular weight is 459 g/mol. The van der Waals surface area contributed by atoms with Crippen LogP contribution in [-0.2, 0) is 14.8 Å². The molecule has 0 saturated carbocycles. The fourth-order valence-electron chi connectivity index (χ4n) is 3.71. The average Bonchev–Trinajstić information content (AvgIpc) is 2.79. The van der Waals surface area contributed by atoms with Gasteiger partial charge in [0, 0.05) is 51.5 Å². The monoisotopic (exact) mass is 458 g/mol. The fourth-order valence-corrected chi connectivity index (χ4v) is 5.16. The third kappa shape index (κ3) is 4.15. The molecule has 9 nitrogen and oxygen atoms in total. The maximum atomic E-state index is 13.1. The van der Waals surface area contributed by atoms with Crippen LogP contribution in [0.4, 0.5) is 11.4 Å². The van der Waals surface area contributed by atoms with Gasteiger partial charge in [-0.1, -0.05) is 0 Å². The first kappa shape index (κ1) is 22.1. The number of piperazine rings is 1.